The Morgan fingerprint density at radius 2 is 1.74 bits per heavy atom. The highest BCUT2D eigenvalue weighted by molar-refractivity contribution is 5.87. The first-order valence-electron chi connectivity index (χ1n) is 8.72. The molecule has 0 aromatic heterocycles. The lowest BCUT2D eigenvalue weighted by atomic mass is 10.1. The smallest absolute Gasteiger partial charge is 0.330 e. The summed E-state index contributed by atoms with van der Waals surface area (Å²) < 4.78 is 15.2. The third-order valence-corrected chi connectivity index (χ3v) is 3.99. The number of aryl methyl sites for hydroxylation is 2. The molecule has 0 amide bonds. The highest BCUT2D eigenvalue weighted by atomic mass is 16.6. The minimum atomic E-state index is -0.446. The van der Waals surface area contributed by atoms with Gasteiger partial charge in [0.05, 0.1) is 14.2 Å². The van der Waals surface area contributed by atoms with Gasteiger partial charge in [-0.25, -0.2) is 4.79 Å². The van der Waals surface area contributed by atoms with Crippen LogP contribution in [0.4, 0.5) is 0 Å². The van der Waals surface area contributed by atoms with Crippen molar-refractivity contribution in [2.45, 2.75) is 26.2 Å². The number of hydrogen-bond donors (Lipinski definition) is 0. The summed E-state index contributed by atoms with van der Waals surface area (Å²) in [5.41, 5.74) is 3.15. The number of rotatable bonds is 8. The summed E-state index contributed by atoms with van der Waals surface area (Å²) in [6.07, 6.45) is 4.77. The van der Waals surface area contributed by atoms with E-state index >= 15 is 0 Å². The van der Waals surface area contributed by atoms with Gasteiger partial charge < -0.3 is 14.2 Å². The van der Waals surface area contributed by atoms with E-state index in [4.69, 9.17) is 9.47 Å². The molecular formula is C22H24O5. The zero-order chi connectivity index (χ0) is 19.6. The Morgan fingerprint density at radius 3 is 2.41 bits per heavy atom. The number of esters is 2. The van der Waals surface area contributed by atoms with E-state index < -0.39 is 5.97 Å². The zero-order valence-corrected chi connectivity index (χ0v) is 15.9. The fourth-order valence-electron chi connectivity index (χ4n) is 2.47. The number of methoxy groups -OCH3 is 2. The fourth-order valence-corrected chi connectivity index (χ4v) is 2.47. The van der Waals surface area contributed by atoms with Crippen molar-refractivity contribution in [2.75, 3.05) is 14.2 Å². The van der Waals surface area contributed by atoms with Gasteiger partial charge in [-0.15, -0.1) is 0 Å². The van der Waals surface area contributed by atoms with Crippen LogP contribution in [0.5, 0.6) is 11.5 Å². The Kier molecular flexibility index (Phi) is 7.62. The van der Waals surface area contributed by atoms with Crippen LogP contribution in [-0.4, -0.2) is 26.2 Å². The molecule has 0 radical (unpaired) electrons. The first-order chi connectivity index (χ1) is 13.0. The molecule has 0 N–H and O–H groups in total. The summed E-state index contributed by atoms with van der Waals surface area (Å²) in [6, 6.07) is 13.3. The van der Waals surface area contributed by atoms with Crippen molar-refractivity contribution in [2.24, 2.45) is 0 Å². The minimum Gasteiger partial charge on any atom is -0.493 e. The second-order valence-electron chi connectivity index (χ2n) is 6.08. The number of carbonyl (C=O) groups is 2. The highest BCUT2D eigenvalue weighted by Gasteiger charge is 2.10. The molecule has 142 valence electrons. The first kappa shape index (κ1) is 20.2. The van der Waals surface area contributed by atoms with Crippen LogP contribution in [0.3, 0.4) is 0 Å². The Morgan fingerprint density at radius 1 is 1.00 bits per heavy atom. The van der Waals surface area contributed by atoms with Gasteiger partial charge in [-0.05, 0) is 49.1 Å². The highest BCUT2D eigenvalue weighted by Crippen LogP contribution is 2.29. The van der Waals surface area contributed by atoms with Crippen LogP contribution in [0.15, 0.2) is 48.5 Å². The maximum absolute atomic E-state index is 12.1. The Balaban J connectivity index is 1.91. The van der Waals surface area contributed by atoms with Crippen LogP contribution in [-0.2, 0) is 20.7 Å². The molecule has 0 spiro atoms. The molecule has 0 aliphatic rings. The fraction of sp³-hybridized carbons (Fsp3) is 0.273. The van der Waals surface area contributed by atoms with Crippen molar-refractivity contribution in [3.05, 3.63) is 65.2 Å². The van der Waals surface area contributed by atoms with Crippen LogP contribution in [0.1, 0.15) is 29.5 Å². The molecule has 5 heteroatoms. The van der Waals surface area contributed by atoms with Gasteiger partial charge in [0, 0.05) is 12.5 Å². The molecule has 0 aliphatic heterocycles. The van der Waals surface area contributed by atoms with Crippen LogP contribution < -0.4 is 9.47 Å². The van der Waals surface area contributed by atoms with Gasteiger partial charge in [0.15, 0.2) is 11.5 Å². The lowest BCUT2D eigenvalue weighted by molar-refractivity contribution is -0.135. The molecule has 0 unspecified atom stereocenters. The second kappa shape index (κ2) is 10.2. The molecule has 0 bridgehead atoms. The summed E-state index contributed by atoms with van der Waals surface area (Å²) in [6.45, 7) is 2.05. The van der Waals surface area contributed by atoms with E-state index in [1.165, 1.54) is 31.4 Å². The number of benzene rings is 2. The van der Waals surface area contributed by atoms with Gasteiger partial charge in [0.25, 0.3) is 0 Å². The molecule has 2 rings (SSSR count). The third kappa shape index (κ3) is 6.62. The van der Waals surface area contributed by atoms with Gasteiger partial charge in [0.1, 0.15) is 0 Å². The van der Waals surface area contributed by atoms with E-state index in [0.717, 1.165) is 12.0 Å². The van der Waals surface area contributed by atoms with E-state index in [9.17, 15) is 9.59 Å². The van der Waals surface area contributed by atoms with Crippen molar-refractivity contribution in [3.63, 3.8) is 0 Å². The van der Waals surface area contributed by atoms with Crippen LogP contribution in [0.2, 0.25) is 0 Å². The monoisotopic (exact) mass is 368 g/mol. The molecule has 0 heterocycles. The Bertz CT molecular complexity index is 806. The van der Waals surface area contributed by atoms with Gasteiger partial charge in [-0.2, -0.15) is 0 Å². The van der Waals surface area contributed by atoms with Gasteiger partial charge in [-0.1, -0.05) is 35.9 Å². The second-order valence-corrected chi connectivity index (χ2v) is 6.08. The van der Waals surface area contributed by atoms with Gasteiger partial charge >= 0.3 is 11.9 Å². The first-order valence-corrected chi connectivity index (χ1v) is 8.72. The van der Waals surface area contributed by atoms with Gasteiger partial charge in [0.2, 0.25) is 0 Å². The average molecular weight is 368 g/mol. The summed E-state index contributed by atoms with van der Waals surface area (Å²) in [4.78, 5) is 23.3. The Hall–Kier alpha value is -3.08. The summed E-state index contributed by atoms with van der Waals surface area (Å²) >= 11 is 0. The average Bonchev–Trinajstić information content (AvgIpc) is 2.68. The van der Waals surface area contributed by atoms with Crippen LogP contribution >= 0.6 is 0 Å². The third-order valence-electron chi connectivity index (χ3n) is 3.99. The van der Waals surface area contributed by atoms with Crippen molar-refractivity contribution in [3.8, 4) is 11.5 Å². The minimum absolute atomic E-state index is 0.307. The Labute approximate surface area is 159 Å². The SMILES string of the molecule is COC(=O)/C=C/c1ccc(OC(=O)CCCc2ccc(C)cc2)c(OC)c1. The van der Waals surface area contributed by atoms with E-state index in [2.05, 4.69) is 29.0 Å². The van der Waals surface area contributed by atoms with Gasteiger partial charge in [-0.3, -0.25) is 4.79 Å². The molecular weight excluding hydrogens is 344 g/mol. The maximum atomic E-state index is 12.1. The lowest BCUT2D eigenvalue weighted by Gasteiger charge is -2.10. The standard InChI is InChI=1S/C22H24O5/c1-16-7-9-17(10-8-16)5-4-6-22(24)27-19-13-11-18(15-20(19)25-2)12-14-21(23)26-3/h7-15H,4-6H2,1-3H3/b14-12+. The topological polar surface area (TPSA) is 61.8 Å². The molecule has 5 nitrogen and oxygen atoms in total. The molecule has 0 saturated heterocycles. The van der Waals surface area contributed by atoms with E-state index in [1.54, 1.807) is 24.3 Å². The van der Waals surface area contributed by atoms with Crippen molar-refractivity contribution in [1.82, 2.24) is 0 Å². The van der Waals surface area contributed by atoms with E-state index in [1.807, 2.05) is 6.92 Å². The molecule has 0 aliphatic carbocycles. The predicted molar refractivity (Wildman–Crippen MR) is 104 cm³/mol. The normalized spacial score (nSPS) is 10.6. The van der Waals surface area contributed by atoms with Crippen molar-refractivity contribution < 1.29 is 23.8 Å². The van der Waals surface area contributed by atoms with Crippen LogP contribution in [0, 0.1) is 6.92 Å². The summed E-state index contributed by atoms with van der Waals surface area (Å²) in [5.74, 6) is 0.0262. The molecule has 2 aromatic rings. The molecule has 0 saturated carbocycles. The quantitative estimate of drug-likeness (QED) is 0.398. The predicted octanol–water partition coefficient (Wildman–Crippen LogP) is 4.12. The zero-order valence-electron chi connectivity index (χ0n) is 15.9. The van der Waals surface area contributed by atoms with E-state index in [0.29, 0.717) is 24.3 Å². The maximum Gasteiger partial charge on any atom is 0.330 e. The molecule has 2 aromatic carbocycles. The summed E-state index contributed by atoms with van der Waals surface area (Å²) in [7, 11) is 2.81. The number of hydrogen-bond acceptors (Lipinski definition) is 5. The molecule has 0 fully saturated rings. The lowest BCUT2D eigenvalue weighted by Crippen LogP contribution is -2.09. The number of ether oxygens (including phenoxy) is 3. The largest absolute Gasteiger partial charge is 0.493 e. The molecule has 0 atom stereocenters. The molecule has 27 heavy (non-hydrogen) atoms. The van der Waals surface area contributed by atoms with Crippen molar-refractivity contribution in [1.29, 1.82) is 0 Å². The van der Waals surface area contributed by atoms with Crippen LogP contribution in [0.25, 0.3) is 6.08 Å². The van der Waals surface area contributed by atoms with Crippen molar-refractivity contribution >= 4 is 18.0 Å². The van der Waals surface area contributed by atoms with E-state index in [-0.39, 0.29) is 5.97 Å². The number of carbonyl (C=O) groups excluding carboxylic acids is 2. The summed E-state index contributed by atoms with van der Waals surface area (Å²) in [5, 5.41) is 0.